The maximum atomic E-state index is 5.97. The van der Waals surface area contributed by atoms with Gasteiger partial charge in [-0.25, -0.2) is 4.98 Å². The Morgan fingerprint density at radius 1 is 1.29 bits per heavy atom. The van der Waals surface area contributed by atoms with Crippen LogP contribution in [0.15, 0.2) is 42.9 Å². The molecule has 0 fully saturated rings. The smallest absolute Gasteiger partial charge is 0.110 e. The molecule has 4 nitrogen and oxygen atoms in total. The van der Waals surface area contributed by atoms with E-state index < -0.39 is 0 Å². The molecule has 3 aromatic rings. The van der Waals surface area contributed by atoms with E-state index in [0.717, 1.165) is 25.2 Å². The van der Waals surface area contributed by atoms with Gasteiger partial charge >= 0.3 is 0 Å². The van der Waals surface area contributed by atoms with Crippen molar-refractivity contribution in [3.63, 3.8) is 0 Å². The third kappa shape index (κ3) is 2.85. The molecule has 4 heteroatoms. The van der Waals surface area contributed by atoms with Gasteiger partial charge in [-0.15, -0.1) is 0 Å². The number of hydrogen-bond acceptors (Lipinski definition) is 2. The second-order valence-electron chi connectivity index (χ2n) is 5.75. The molecule has 21 heavy (non-hydrogen) atoms. The van der Waals surface area contributed by atoms with Crippen molar-refractivity contribution in [3.8, 4) is 0 Å². The molecular weight excluding hydrogens is 260 g/mol. The molecule has 2 heterocycles. The second-order valence-corrected chi connectivity index (χ2v) is 5.75. The lowest BCUT2D eigenvalue weighted by Crippen LogP contribution is -2.17. The molecule has 0 aliphatic carbocycles. The summed E-state index contributed by atoms with van der Waals surface area (Å²) >= 11 is 0. The van der Waals surface area contributed by atoms with E-state index in [1.807, 2.05) is 19.4 Å². The van der Waals surface area contributed by atoms with Gasteiger partial charge in [-0.2, -0.15) is 0 Å². The highest BCUT2D eigenvalue weighted by atomic mass is 15.0. The zero-order valence-electron chi connectivity index (χ0n) is 12.7. The highest BCUT2D eigenvalue weighted by Crippen LogP contribution is 2.22. The van der Waals surface area contributed by atoms with Crippen LogP contribution < -0.4 is 5.73 Å². The van der Waals surface area contributed by atoms with Crippen LogP contribution in [0.4, 0.5) is 0 Å². The van der Waals surface area contributed by atoms with Gasteiger partial charge in [-0.05, 0) is 25.0 Å². The van der Waals surface area contributed by atoms with Gasteiger partial charge in [0.2, 0.25) is 0 Å². The lowest BCUT2D eigenvalue weighted by atomic mass is 10.1. The summed E-state index contributed by atoms with van der Waals surface area (Å²) in [4.78, 5) is 4.40. The van der Waals surface area contributed by atoms with Crippen LogP contribution in [0, 0.1) is 0 Å². The highest BCUT2D eigenvalue weighted by molar-refractivity contribution is 5.84. The quantitative estimate of drug-likeness (QED) is 0.781. The zero-order valence-corrected chi connectivity index (χ0v) is 12.7. The van der Waals surface area contributed by atoms with E-state index in [1.165, 1.54) is 16.5 Å². The molecule has 0 saturated heterocycles. The molecule has 0 amide bonds. The van der Waals surface area contributed by atoms with E-state index in [1.54, 1.807) is 0 Å². The number of benzene rings is 1. The molecule has 1 unspecified atom stereocenters. The molecule has 3 rings (SSSR count). The van der Waals surface area contributed by atoms with E-state index in [-0.39, 0.29) is 6.04 Å². The van der Waals surface area contributed by atoms with E-state index in [0.29, 0.717) is 0 Å². The van der Waals surface area contributed by atoms with Crippen LogP contribution >= 0.6 is 0 Å². The van der Waals surface area contributed by atoms with Crippen molar-refractivity contribution in [1.82, 2.24) is 14.1 Å². The molecule has 2 N–H and O–H groups in total. The van der Waals surface area contributed by atoms with Crippen LogP contribution in [0.25, 0.3) is 10.9 Å². The second kappa shape index (κ2) is 5.74. The lowest BCUT2D eigenvalue weighted by Gasteiger charge is -2.05. The van der Waals surface area contributed by atoms with Crippen LogP contribution in [0.1, 0.15) is 18.3 Å². The fraction of sp³-hybridized carbons (Fsp3) is 0.353. The van der Waals surface area contributed by atoms with Crippen molar-refractivity contribution >= 4 is 10.9 Å². The number of aromatic nitrogens is 3. The summed E-state index contributed by atoms with van der Waals surface area (Å²) in [6.45, 7) is 2.99. The van der Waals surface area contributed by atoms with Gasteiger partial charge < -0.3 is 14.9 Å². The number of rotatable bonds is 5. The first kappa shape index (κ1) is 13.9. The zero-order chi connectivity index (χ0) is 14.8. The third-order valence-corrected chi connectivity index (χ3v) is 3.91. The highest BCUT2D eigenvalue weighted by Gasteiger charge is 2.10. The standard InChI is InChI=1S/C17H22N4/c1-13(18)11-14-12-21(16-6-4-3-5-15(14)16)9-7-17-19-8-10-20(17)2/h3-6,8,10,12-13H,7,9,11,18H2,1-2H3. The van der Waals surface area contributed by atoms with Crippen molar-refractivity contribution in [2.75, 3.05) is 0 Å². The van der Waals surface area contributed by atoms with Crippen molar-refractivity contribution < 1.29 is 0 Å². The number of nitrogens with two attached hydrogens (primary N) is 1. The summed E-state index contributed by atoms with van der Waals surface area (Å²) in [5, 5.41) is 1.31. The third-order valence-electron chi connectivity index (χ3n) is 3.91. The van der Waals surface area contributed by atoms with Crippen molar-refractivity contribution in [3.05, 3.63) is 54.2 Å². The summed E-state index contributed by atoms with van der Waals surface area (Å²) in [6, 6.07) is 8.73. The lowest BCUT2D eigenvalue weighted by molar-refractivity contribution is 0.663. The van der Waals surface area contributed by atoms with Gasteiger partial charge in [0.25, 0.3) is 0 Å². The molecule has 110 valence electrons. The fourth-order valence-corrected chi connectivity index (χ4v) is 2.88. The van der Waals surface area contributed by atoms with E-state index in [2.05, 4.69) is 51.5 Å². The average Bonchev–Trinajstić information content (AvgIpc) is 3.01. The monoisotopic (exact) mass is 282 g/mol. The summed E-state index contributed by atoms with van der Waals surface area (Å²) in [5.41, 5.74) is 8.59. The Bertz CT molecular complexity index is 736. The van der Waals surface area contributed by atoms with E-state index in [9.17, 15) is 0 Å². The summed E-state index contributed by atoms with van der Waals surface area (Å²) < 4.78 is 4.40. The number of hydrogen-bond donors (Lipinski definition) is 1. The molecule has 0 aliphatic rings. The van der Waals surface area contributed by atoms with Gasteiger partial charge in [0.1, 0.15) is 5.82 Å². The summed E-state index contributed by atoms with van der Waals surface area (Å²) in [5.74, 6) is 1.11. The van der Waals surface area contributed by atoms with Crippen molar-refractivity contribution in [2.45, 2.75) is 32.4 Å². The first-order valence-electron chi connectivity index (χ1n) is 7.43. The van der Waals surface area contributed by atoms with Gasteiger partial charge in [0.15, 0.2) is 0 Å². The molecular formula is C17H22N4. The van der Waals surface area contributed by atoms with E-state index >= 15 is 0 Å². The Hall–Kier alpha value is -2.07. The summed E-state index contributed by atoms with van der Waals surface area (Å²) in [6.07, 6.45) is 7.93. The van der Waals surface area contributed by atoms with Gasteiger partial charge in [-0.1, -0.05) is 18.2 Å². The van der Waals surface area contributed by atoms with Crippen LogP contribution in [0.2, 0.25) is 0 Å². The Kier molecular flexibility index (Phi) is 3.80. The maximum absolute atomic E-state index is 5.97. The Morgan fingerprint density at radius 3 is 2.81 bits per heavy atom. The largest absolute Gasteiger partial charge is 0.347 e. The van der Waals surface area contributed by atoms with E-state index in [4.69, 9.17) is 5.73 Å². The predicted octanol–water partition coefficient (Wildman–Crippen LogP) is 2.51. The fourth-order valence-electron chi connectivity index (χ4n) is 2.88. The molecule has 0 spiro atoms. The minimum Gasteiger partial charge on any atom is -0.347 e. The summed E-state index contributed by atoms with van der Waals surface area (Å²) in [7, 11) is 2.04. The van der Waals surface area contributed by atoms with Crippen molar-refractivity contribution in [2.24, 2.45) is 12.8 Å². The molecule has 0 radical (unpaired) electrons. The van der Waals surface area contributed by atoms with Crippen LogP contribution in [-0.2, 0) is 26.4 Å². The Morgan fingerprint density at radius 2 is 2.10 bits per heavy atom. The topological polar surface area (TPSA) is 48.8 Å². The normalized spacial score (nSPS) is 12.9. The number of aryl methyl sites for hydroxylation is 3. The number of fused-ring (bicyclic) bond motifs is 1. The van der Waals surface area contributed by atoms with Gasteiger partial charge in [-0.3, -0.25) is 0 Å². The minimum atomic E-state index is 0.179. The maximum Gasteiger partial charge on any atom is 0.110 e. The van der Waals surface area contributed by atoms with Gasteiger partial charge in [0.05, 0.1) is 0 Å². The number of para-hydroxylation sites is 1. The van der Waals surface area contributed by atoms with Crippen LogP contribution in [-0.4, -0.2) is 20.2 Å². The van der Waals surface area contributed by atoms with Gasteiger partial charge in [0, 0.05) is 55.5 Å². The predicted molar refractivity (Wildman–Crippen MR) is 86.2 cm³/mol. The minimum absolute atomic E-state index is 0.179. The van der Waals surface area contributed by atoms with Crippen LogP contribution in [0.3, 0.4) is 0 Å². The van der Waals surface area contributed by atoms with Crippen LogP contribution in [0.5, 0.6) is 0 Å². The van der Waals surface area contributed by atoms with Crippen molar-refractivity contribution in [1.29, 1.82) is 0 Å². The molecule has 2 aromatic heterocycles. The molecule has 1 aromatic carbocycles. The SMILES string of the molecule is CC(N)Cc1cn(CCc2nccn2C)c2ccccc12. The molecule has 0 aliphatic heterocycles. The first-order valence-corrected chi connectivity index (χ1v) is 7.43. The average molecular weight is 282 g/mol. The molecule has 0 bridgehead atoms. The molecule has 0 saturated carbocycles. The molecule has 1 atom stereocenters. The first-order chi connectivity index (χ1) is 10.1. The Labute approximate surface area is 125 Å². The number of imidazole rings is 1. The number of nitrogens with zero attached hydrogens (tertiary/aromatic N) is 3. The Balaban J connectivity index is 1.89.